The number of carboxylic acids is 1. The topological polar surface area (TPSA) is 119 Å². The maximum Gasteiger partial charge on any atom is 0.328 e. The molecular weight excluding hydrogens is 284 g/mol. The number of carbonyl (C=O) groups is 3. The third-order valence-corrected chi connectivity index (χ3v) is 3.89. The predicted octanol–water partition coefficient (Wildman–Crippen LogP) is -0.165. The van der Waals surface area contributed by atoms with E-state index in [1.165, 1.54) is 7.11 Å². The van der Waals surface area contributed by atoms with Crippen LogP contribution in [0.15, 0.2) is 0 Å². The van der Waals surface area contributed by atoms with Crippen LogP contribution >= 0.6 is 11.8 Å². The minimum atomic E-state index is -1.11. The highest BCUT2D eigenvalue weighted by Gasteiger charge is 2.26. The number of nitrogens with one attached hydrogen (secondary N) is 1. The second-order valence-electron chi connectivity index (χ2n) is 4.41. The smallest absolute Gasteiger partial charge is 0.328 e. The summed E-state index contributed by atoms with van der Waals surface area (Å²) in [5.41, 5.74) is 5.32. The predicted molar refractivity (Wildman–Crippen MR) is 76.3 cm³/mol. The molecular formula is C12H22N2O5S. The van der Waals surface area contributed by atoms with E-state index in [0.717, 1.165) is 18.2 Å². The van der Waals surface area contributed by atoms with E-state index in [0.29, 0.717) is 0 Å². The van der Waals surface area contributed by atoms with Gasteiger partial charge in [0.05, 0.1) is 12.9 Å². The van der Waals surface area contributed by atoms with Crippen LogP contribution in [0.4, 0.5) is 0 Å². The summed E-state index contributed by atoms with van der Waals surface area (Å²) in [5.74, 6) is -1.80. The van der Waals surface area contributed by atoms with Crippen molar-refractivity contribution < 1.29 is 24.2 Å². The number of rotatable bonds is 9. The highest BCUT2D eigenvalue weighted by molar-refractivity contribution is 8.00. The van der Waals surface area contributed by atoms with Gasteiger partial charge in [0.1, 0.15) is 12.1 Å². The van der Waals surface area contributed by atoms with Crippen LogP contribution in [-0.2, 0) is 19.1 Å². The van der Waals surface area contributed by atoms with Gasteiger partial charge in [0, 0.05) is 5.75 Å². The lowest BCUT2D eigenvalue weighted by atomic mass is 9.99. The Balaban J connectivity index is 4.26. The lowest BCUT2D eigenvalue weighted by Gasteiger charge is -2.21. The number of carboxylic acid groups (broad SMARTS) is 1. The number of esters is 1. The first-order valence-corrected chi connectivity index (χ1v) is 7.42. The summed E-state index contributed by atoms with van der Waals surface area (Å²) < 4.78 is 4.65. The van der Waals surface area contributed by atoms with E-state index >= 15 is 0 Å². The van der Waals surface area contributed by atoms with E-state index in [4.69, 9.17) is 10.8 Å². The number of amides is 1. The van der Waals surface area contributed by atoms with Crippen LogP contribution in [0.25, 0.3) is 0 Å². The number of thioether (sulfide) groups is 1. The molecule has 0 rings (SSSR count). The van der Waals surface area contributed by atoms with Gasteiger partial charge in [-0.1, -0.05) is 20.3 Å². The monoisotopic (exact) mass is 306 g/mol. The van der Waals surface area contributed by atoms with Gasteiger partial charge in [0.15, 0.2) is 0 Å². The Morgan fingerprint density at radius 2 is 2.00 bits per heavy atom. The van der Waals surface area contributed by atoms with Crippen molar-refractivity contribution in [3.63, 3.8) is 0 Å². The van der Waals surface area contributed by atoms with Gasteiger partial charge in [-0.25, -0.2) is 4.79 Å². The summed E-state index contributed by atoms with van der Waals surface area (Å²) in [6, 6.07) is -1.69. The minimum Gasteiger partial charge on any atom is -0.480 e. The van der Waals surface area contributed by atoms with Crippen molar-refractivity contribution in [3.05, 3.63) is 0 Å². The quantitative estimate of drug-likeness (QED) is 0.506. The molecule has 0 fully saturated rings. The van der Waals surface area contributed by atoms with Crippen LogP contribution in [0, 0.1) is 5.92 Å². The summed E-state index contributed by atoms with van der Waals surface area (Å²) in [4.78, 5) is 33.8. The van der Waals surface area contributed by atoms with Gasteiger partial charge in [-0.2, -0.15) is 0 Å². The second-order valence-corrected chi connectivity index (χ2v) is 5.44. The van der Waals surface area contributed by atoms with Crippen molar-refractivity contribution >= 4 is 29.6 Å². The molecule has 0 bridgehead atoms. The number of carbonyl (C=O) groups excluding carboxylic acids is 2. The number of ether oxygens (including phenoxy) is 1. The zero-order chi connectivity index (χ0) is 15.7. The van der Waals surface area contributed by atoms with E-state index in [9.17, 15) is 14.4 Å². The standard InChI is InChI=1S/C12H22N2O5S/c1-4-7(2)10(12(18)19-3)14-9(15)6-20-5-8(13)11(16)17/h7-8,10H,4-6,13H2,1-3H3,(H,14,15)(H,16,17)/t7?,8-,10?/m1/s1. The van der Waals surface area contributed by atoms with Gasteiger partial charge in [-0.05, 0) is 5.92 Å². The van der Waals surface area contributed by atoms with Crippen molar-refractivity contribution in [3.8, 4) is 0 Å². The highest BCUT2D eigenvalue weighted by Crippen LogP contribution is 2.10. The molecule has 3 atom stereocenters. The number of methoxy groups -OCH3 is 1. The maximum atomic E-state index is 11.7. The van der Waals surface area contributed by atoms with E-state index in [1.807, 2.05) is 13.8 Å². The first kappa shape index (κ1) is 18.7. The summed E-state index contributed by atoms with van der Waals surface area (Å²) in [5, 5.41) is 11.2. The summed E-state index contributed by atoms with van der Waals surface area (Å²) in [6.45, 7) is 3.75. The molecule has 2 unspecified atom stereocenters. The molecule has 0 saturated carbocycles. The van der Waals surface area contributed by atoms with E-state index in [2.05, 4.69) is 10.1 Å². The Kier molecular flexibility index (Phi) is 8.98. The zero-order valence-corrected chi connectivity index (χ0v) is 12.7. The molecule has 0 saturated heterocycles. The Hall–Kier alpha value is -1.28. The second kappa shape index (κ2) is 9.60. The molecule has 0 aromatic rings. The van der Waals surface area contributed by atoms with Crippen LogP contribution in [0.5, 0.6) is 0 Å². The van der Waals surface area contributed by atoms with Gasteiger partial charge in [0.2, 0.25) is 5.91 Å². The third-order valence-electron chi connectivity index (χ3n) is 2.83. The fraction of sp³-hybridized carbons (Fsp3) is 0.750. The molecule has 0 spiro atoms. The van der Waals surface area contributed by atoms with Gasteiger partial charge in [0.25, 0.3) is 0 Å². The molecule has 8 heteroatoms. The molecule has 20 heavy (non-hydrogen) atoms. The molecule has 116 valence electrons. The van der Waals surface area contributed by atoms with Crippen molar-refractivity contribution in [2.24, 2.45) is 11.7 Å². The molecule has 0 aromatic carbocycles. The Morgan fingerprint density at radius 1 is 1.40 bits per heavy atom. The molecule has 7 nitrogen and oxygen atoms in total. The molecule has 0 aliphatic heterocycles. The summed E-state index contributed by atoms with van der Waals surface area (Å²) >= 11 is 1.11. The molecule has 0 heterocycles. The number of hydrogen-bond donors (Lipinski definition) is 3. The van der Waals surface area contributed by atoms with E-state index < -0.39 is 24.0 Å². The van der Waals surface area contributed by atoms with Crippen molar-refractivity contribution in [1.82, 2.24) is 5.32 Å². The first-order chi connectivity index (χ1) is 9.33. The molecule has 4 N–H and O–H groups in total. The molecule has 0 aliphatic rings. The van der Waals surface area contributed by atoms with Crippen LogP contribution in [0.3, 0.4) is 0 Å². The lowest BCUT2D eigenvalue weighted by molar-refractivity contribution is -0.146. The Bertz CT molecular complexity index is 351. The van der Waals surface area contributed by atoms with Crippen molar-refractivity contribution in [2.45, 2.75) is 32.4 Å². The SMILES string of the molecule is CCC(C)C(NC(=O)CSC[C@@H](N)C(=O)O)C(=O)OC. The van der Waals surface area contributed by atoms with Crippen LogP contribution in [-0.4, -0.2) is 53.7 Å². The number of aliphatic carboxylic acids is 1. The van der Waals surface area contributed by atoms with Gasteiger partial charge >= 0.3 is 11.9 Å². The largest absolute Gasteiger partial charge is 0.480 e. The molecule has 0 radical (unpaired) electrons. The van der Waals surface area contributed by atoms with Gasteiger partial charge in [-0.15, -0.1) is 11.8 Å². The minimum absolute atomic E-state index is 0.0438. The number of hydrogen-bond acceptors (Lipinski definition) is 6. The average molecular weight is 306 g/mol. The lowest BCUT2D eigenvalue weighted by Crippen LogP contribution is -2.46. The normalized spacial score (nSPS) is 15.0. The van der Waals surface area contributed by atoms with E-state index in [-0.39, 0.29) is 23.3 Å². The summed E-state index contributed by atoms with van der Waals surface area (Å²) in [6.07, 6.45) is 0.719. The molecule has 1 amide bonds. The summed E-state index contributed by atoms with van der Waals surface area (Å²) in [7, 11) is 1.27. The third kappa shape index (κ3) is 6.76. The highest BCUT2D eigenvalue weighted by atomic mass is 32.2. The van der Waals surface area contributed by atoms with E-state index in [1.54, 1.807) is 0 Å². The van der Waals surface area contributed by atoms with Crippen LogP contribution in [0.2, 0.25) is 0 Å². The molecule has 0 aromatic heterocycles. The number of nitrogens with two attached hydrogens (primary N) is 1. The maximum absolute atomic E-state index is 11.7. The van der Waals surface area contributed by atoms with Crippen molar-refractivity contribution in [2.75, 3.05) is 18.6 Å². The van der Waals surface area contributed by atoms with Gasteiger partial charge < -0.3 is 20.9 Å². The molecule has 0 aliphatic carbocycles. The van der Waals surface area contributed by atoms with Crippen LogP contribution in [0.1, 0.15) is 20.3 Å². The van der Waals surface area contributed by atoms with Crippen molar-refractivity contribution in [1.29, 1.82) is 0 Å². The fourth-order valence-corrected chi connectivity index (χ4v) is 2.14. The first-order valence-electron chi connectivity index (χ1n) is 6.26. The Morgan fingerprint density at radius 3 is 2.45 bits per heavy atom. The van der Waals surface area contributed by atoms with Crippen LogP contribution < -0.4 is 11.1 Å². The van der Waals surface area contributed by atoms with Gasteiger partial charge in [-0.3, -0.25) is 9.59 Å². The fourth-order valence-electron chi connectivity index (χ4n) is 1.36. The zero-order valence-electron chi connectivity index (χ0n) is 11.9. The Labute approximate surface area is 122 Å². The average Bonchev–Trinajstić information content (AvgIpc) is 2.42.